The lowest BCUT2D eigenvalue weighted by Crippen LogP contribution is -2.27. The average Bonchev–Trinajstić information content (AvgIpc) is 2.84. The maximum absolute atomic E-state index is 11.0. The number of aromatic carboxylic acids is 1. The fourth-order valence-electron chi connectivity index (χ4n) is 3.57. The summed E-state index contributed by atoms with van der Waals surface area (Å²) in [6, 6.07) is 13.7. The third kappa shape index (κ3) is 2.94. The summed E-state index contributed by atoms with van der Waals surface area (Å²) < 4.78 is 1.98. The van der Waals surface area contributed by atoms with Gasteiger partial charge in [0, 0.05) is 43.9 Å². The van der Waals surface area contributed by atoms with E-state index < -0.39 is 5.97 Å². The van der Waals surface area contributed by atoms with Crippen molar-refractivity contribution in [3.63, 3.8) is 0 Å². The highest BCUT2D eigenvalue weighted by atomic mass is 16.4. The summed E-state index contributed by atoms with van der Waals surface area (Å²) in [5, 5.41) is 13.8. The summed E-state index contributed by atoms with van der Waals surface area (Å²) >= 11 is 0. The second-order valence-corrected chi connectivity index (χ2v) is 6.46. The molecule has 1 aromatic carbocycles. The summed E-state index contributed by atoms with van der Waals surface area (Å²) in [7, 11) is 2.00. The number of anilines is 1. The van der Waals surface area contributed by atoms with E-state index in [9.17, 15) is 4.79 Å². The van der Waals surface area contributed by atoms with Gasteiger partial charge in [-0.05, 0) is 18.6 Å². The first-order valence-electron chi connectivity index (χ1n) is 8.68. The van der Waals surface area contributed by atoms with Crippen LogP contribution in [0.3, 0.4) is 0 Å². The Kier molecular flexibility index (Phi) is 4.16. The van der Waals surface area contributed by atoms with Gasteiger partial charge in [0.25, 0.3) is 0 Å². The molecule has 0 atom stereocenters. The number of aromatic nitrogens is 3. The quantitative estimate of drug-likeness (QED) is 0.788. The normalized spacial score (nSPS) is 14.0. The Morgan fingerprint density at radius 1 is 1.08 bits per heavy atom. The zero-order valence-electron chi connectivity index (χ0n) is 14.6. The van der Waals surface area contributed by atoms with Gasteiger partial charge in [-0.25, -0.2) is 9.78 Å². The fraction of sp³-hybridized carbons (Fsp3) is 0.250. The van der Waals surface area contributed by atoms with Gasteiger partial charge in [-0.3, -0.25) is 4.68 Å². The van der Waals surface area contributed by atoms with Gasteiger partial charge in [0.15, 0.2) is 0 Å². The van der Waals surface area contributed by atoms with Gasteiger partial charge in [0.2, 0.25) is 0 Å². The van der Waals surface area contributed by atoms with E-state index in [1.54, 1.807) is 12.1 Å². The van der Waals surface area contributed by atoms with E-state index in [1.807, 2.05) is 29.9 Å². The van der Waals surface area contributed by atoms with Gasteiger partial charge in [0.1, 0.15) is 5.82 Å². The molecule has 3 aromatic rings. The SMILES string of the molecule is Cn1nc2c(c1-c1ccccc1)CCN(c1ccc(C(=O)O)cn1)CC2. The number of nitrogens with zero attached hydrogens (tertiary/aromatic N) is 4. The first-order valence-corrected chi connectivity index (χ1v) is 8.68. The Morgan fingerprint density at radius 3 is 2.54 bits per heavy atom. The van der Waals surface area contributed by atoms with Crippen LogP contribution in [0.1, 0.15) is 21.6 Å². The highest BCUT2D eigenvalue weighted by Crippen LogP contribution is 2.29. The van der Waals surface area contributed by atoms with Crippen LogP contribution < -0.4 is 4.90 Å². The molecule has 6 heteroatoms. The Bertz CT molecular complexity index is 932. The highest BCUT2D eigenvalue weighted by molar-refractivity contribution is 5.87. The summed E-state index contributed by atoms with van der Waals surface area (Å²) in [6.07, 6.45) is 3.15. The largest absolute Gasteiger partial charge is 0.478 e. The monoisotopic (exact) mass is 348 g/mol. The Labute approximate surface area is 151 Å². The molecule has 2 aromatic heterocycles. The maximum atomic E-state index is 11.0. The molecule has 26 heavy (non-hydrogen) atoms. The van der Waals surface area contributed by atoms with Crippen LogP contribution in [0.5, 0.6) is 0 Å². The molecule has 0 radical (unpaired) electrons. The molecule has 1 aliphatic heterocycles. The molecule has 4 rings (SSSR count). The lowest BCUT2D eigenvalue weighted by Gasteiger charge is -2.21. The van der Waals surface area contributed by atoms with Crippen LogP contribution in [0, 0.1) is 0 Å². The number of pyridine rings is 1. The number of carboxylic acids is 1. The lowest BCUT2D eigenvalue weighted by atomic mass is 10.0. The zero-order valence-corrected chi connectivity index (χ0v) is 14.6. The number of hydrogen-bond acceptors (Lipinski definition) is 4. The average molecular weight is 348 g/mol. The van der Waals surface area contributed by atoms with Gasteiger partial charge in [0.05, 0.1) is 17.0 Å². The van der Waals surface area contributed by atoms with E-state index in [4.69, 9.17) is 10.2 Å². The van der Waals surface area contributed by atoms with Crippen molar-refractivity contribution in [3.8, 4) is 11.3 Å². The summed E-state index contributed by atoms with van der Waals surface area (Å²) in [5.41, 5.74) is 5.00. The van der Waals surface area contributed by atoms with Crippen molar-refractivity contribution in [1.29, 1.82) is 0 Å². The molecule has 0 unspecified atom stereocenters. The van der Waals surface area contributed by atoms with Gasteiger partial charge in [-0.2, -0.15) is 5.10 Å². The molecule has 3 heterocycles. The number of benzene rings is 1. The number of aryl methyl sites for hydroxylation is 1. The van der Waals surface area contributed by atoms with Crippen molar-refractivity contribution in [2.24, 2.45) is 7.05 Å². The molecule has 0 saturated carbocycles. The molecule has 0 saturated heterocycles. The Hall–Kier alpha value is -3.15. The first-order chi connectivity index (χ1) is 12.6. The van der Waals surface area contributed by atoms with E-state index >= 15 is 0 Å². The van der Waals surface area contributed by atoms with Gasteiger partial charge >= 0.3 is 5.97 Å². The Balaban J connectivity index is 1.60. The van der Waals surface area contributed by atoms with E-state index in [0.29, 0.717) is 0 Å². The van der Waals surface area contributed by atoms with Crippen LogP contribution in [-0.2, 0) is 19.9 Å². The van der Waals surface area contributed by atoms with Crippen LogP contribution in [0.2, 0.25) is 0 Å². The van der Waals surface area contributed by atoms with E-state index in [1.165, 1.54) is 23.0 Å². The molecule has 0 amide bonds. The summed E-state index contributed by atoms with van der Waals surface area (Å²) in [4.78, 5) is 17.5. The number of carboxylic acid groups (broad SMARTS) is 1. The minimum Gasteiger partial charge on any atom is -0.478 e. The molecule has 0 fully saturated rings. The van der Waals surface area contributed by atoms with Crippen molar-refractivity contribution >= 4 is 11.8 Å². The number of fused-ring (bicyclic) bond motifs is 1. The minimum atomic E-state index is -0.954. The molecule has 0 spiro atoms. The van der Waals surface area contributed by atoms with Crippen LogP contribution >= 0.6 is 0 Å². The van der Waals surface area contributed by atoms with Crippen molar-refractivity contribution in [3.05, 3.63) is 65.5 Å². The van der Waals surface area contributed by atoms with Crippen molar-refractivity contribution < 1.29 is 9.90 Å². The van der Waals surface area contributed by atoms with E-state index in [-0.39, 0.29) is 5.56 Å². The molecule has 0 aliphatic carbocycles. The molecule has 1 aliphatic rings. The van der Waals surface area contributed by atoms with Gasteiger partial charge < -0.3 is 10.0 Å². The highest BCUT2D eigenvalue weighted by Gasteiger charge is 2.22. The standard InChI is InChI=1S/C20H20N4O2/c1-23-19(14-5-3-2-4-6-14)16-9-11-24(12-10-17(16)22-23)18-8-7-15(13-21-18)20(25)26/h2-8,13H,9-12H2,1H3,(H,25,26). The van der Waals surface area contributed by atoms with Gasteiger partial charge in [-0.15, -0.1) is 0 Å². The number of carbonyl (C=O) groups is 1. The third-order valence-corrected chi connectivity index (χ3v) is 4.84. The van der Waals surface area contributed by atoms with Crippen LogP contribution in [-0.4, -0.2) is 38.9 Å². The number of hydrogen-bond donors (Lipinski definition) is 1. The first kappa shape index (κ1) is 16.3. The van der Waals surface area contributed by atoms with Crippen molar-refractivity contribution in [2.75, 3.05) is 18.0 Å². The van der Waals surface area contributed by atoms with Crippen molar-refractivity contribution in [1.82, 2.24) is 14.8 Å². The van der Waals surface area contributed by atoms with Crippen LogP contribution in [0.4, 0.5) is 5.82 Å². The maximum Gasteiger partial charge on any atom is 0.337 e. The molecular formula is C20H20N4O2. The topological polar surface area (TPSA) is 71.2 Å². The summed E-state index contributed by atoms with van der Waals surface area (Å²) in [5.74, 6) is -0.143. The zero-order chi connectivity index (χ0) is 18.1. The van der Waals surface area contributed by atoms with Crippen LogP contribution in [0.15, 0.2) is 48.7 Å². The van der Waals surface area contributed by atoms with E-state index in [2.05, 4.69) is 22.0 Å². The number of rotatable bonds is 3. The van der Waals surface area contributed by atoms with E-state index in [0.717, 1.165) is 37.4 Å². The molecule has 1 N–H and O–H groups in total. The molecule has 0 bridgehead atoms. The predicted molar refractivity (Wildman–Crippen MR) is 99.5 cm³/mol. The van der Waals surface area contributed by atoms with Crippen molar-refractivity contribution in [2.45, 2.75) is 12.8 Å². The van der Waals surface area contributed by atoms with Crippen LogP contribution in [0.25, 0.3) is 11.3 Å². The molecule has 132 valence electrons. The fourth-order valence-corrected chi connectivity index (χ4v) is 3.57. The van der Waals surface area contributed by atoms with Gasteiger partial charge in [-0.1, -0.05) is 30.3 Å². The second-order valence-electron chi connectivity index (χ2n) is 6.46. The predicted octanol–water partition coefficient (Wildman–Crippen LogP) is 2.79. The lowest BCUT2D eigenvalue weighted by molar-refractivity contribution is 0.0696. The summed E-state index contributed by atoms with van der Waals surface area (Å²) in [6.45, 7) is 1.65. The second kappa shape index (κ2) is 6.63. The molecular weight excluding hydrogens is 328 g/mol. The minimum absolute atomic E-state index is 0.209. The molecule has 6 nitrogen and oxygen atoms in total. The Morgan fingerprint density at radius 2 is 1.85 bits per heavy atom. The third-order valence-electron chi connectivity index (χ3n) is 4.84. The smallest absolute Gasteiger partial charge is 0.337 e.